The van der Waals surface area contributed by atoms with Gasteiger partial charge in [-0.25, -0.2) is 4.79 Å². The highest BCUT2D eigenvalue weighted by atomic mass is 16.5. The minimum atomic E-state index is -0.394. The van der Waals surface area contributed by atoms with E-state index in [2.05, 4.69) is 29.6 Å². The van der Waals surface area contributed by atoms with Crippen LogP contribution in [0, 0.1) is 5.41 Å². The monoisotopic (exact) mass is 393 g/mol. The van der Waals surface area contributed by atoms with E-state index in [4.69, 9.17) is 9.47 Å². The molecule has 29 heavy (non-hydrogen) atoms. The van der Waals surface area contributed by atoms with Crippen molar-refractivity contribution in [3.63, 3.8) is 0 Å². The Labute approximate surface area is 171 Å². The first-order valence-corrected chi connectivity index (χ1v) is 10.5. The van der Waals surface area contributed by atoms with E-state index in [1.807, 2.05) is 24.3 Å². The highest BCUT2D eigenvalue weighted by molar-refractivity contribution is 5.79. The van der Waals surface area contributed by atoms with Crippen LogP contribution in [0.3, 0.4) is 0 Å². The summed E-state index contributed by atoms with van der Waals surface area (Å²) in [4.78, 5) is 12.4. The van der Waals surface area contributed by atoms with E-state index >= 15 is 0 Å². The van der Waals surface area contributed by atoms with Gasteiger partial charge >= 0.3 is 6.09 Å². The fraction of sp³-hybridized carbons (Fsp3) is 0.458. The molecule has 2 aliphatic heterocycles. The Balaban J connectivity index is 1.20. The van der Waals surface area contributed by atoms with E-state index in [0.717, 1.165) is 25.7 Å². The van der Waals surface area contributed by atoms with Gasteiger partial charge in [0.2, 0.25) is 0 Å². The minimum Gasteiger partial charge on any atom is -0.449 e. The average molecular weight is 393 g/mol. The Morgan fingerprint density at radius 3 is 2.21 bits per heavy atom. The number of hydrogen-bond donors (Lipinski definition) is 2. The first-order chi connectivity index (χ1) is 14.1. The molecule has 2 saturated heterocycles. The molecule has 6 rings (SSSR count). The Morgan fingerprint density at radius 2 is 1.66 bits per heavy atom. The molecule has 2 aromatic rings. The van der Waals surface area contributed by atoms with Crippen molar-refractivity contribution in [1.82, 2.24) is 5.32 Å². The smallest absolute Gasteiger partial charge is 0.407 e. The molecule has 0 spiro atoms. The van der Waals surface area contributed by atoms with Crippen LogP contribution in [0.5, 0.6) is 0 Å². The number of ether oxygens (including phenoxy) is 2. The third-order valence-electron chi connectivity index (χ3n) is 7.14. The number of nitrogens with one attached hydrogen (secondary N) is 1. The molecule has 0 aromatic heterocycles. The lowest BCUT2D eigenvalue weighted by atomic mass is 9.66. The SMILES string of the molecule is O=C(NCC12CCC(CO)(CC1)CO2)OCC1c2ccccc2-c2ccccc21. The summed E-state index contributed by atoms with van der Waals surface area (Å²) in [7, 11) is 0. The zero-order chi connectivity index (χ0) is 19.9. The Morgan fingerprint density at radius 1 is 1.03 bits per heavy atom. The van der Waals surface area contributed by atoms with Crippen LogP contribution in [-0.2, 0) is 9.47 Å². The zero-order valence-electron chi connectivity index (χ0n) is 16.5. The lowest BCUT2D eigenvalue weighted by Crippen LogP contribution is -2.57. The summed E-state index contributed by atoms with van der Waals surface area (Å²) < 4.78 is 11.7. The molecule has 152 valence electrons. The summed E-state index contributed by atoms with van der Waals surface area (Å²) in [5.74, 6) is 0.0668. The van der Waals surface area contributed by atoms with Gasteiger partial charge in [0, 0.05) is 17.9 Å². The first kappa shape index (κ1) is 18.6. The topological polar surface area (TPSA) is 67.8 Å². The standard InChI is InChI=1S/C24H27NO4/c26-15-23-9-11-24(12-10-23,29-16-23)14-25-22(27)28-13-21-19-7-3-1-5-17(19)18-6-2-4-8-20(18)21/h1-8,21,26H,9-16H2,(H,25,27). The molecule has 0 atom stereocenters. The molecule has 2 N–H and O–H groups in total. The van der Waals surface area contributed by atoms with Gasteiger partial charge in [-0.05, 0) is 47.9 Å². The quantitative estimate of drug-likeness (QED) is 0.810. The van der Waals surface area contributed by atoms with Crippen LogP contribution in [0.2, 0.25) is 0 Å². The molecule has 4 aliphatic rings. The predicted molar refractivity (Wildman–Crippen MR) is 110 cm³/mol. The first-order valence-electron chi connectivity index (χ1n) is 10.5. The molecule has 2 heterocycles. The Bertz CT molecular complexity index is 855. The summed E-state index contributed by atoms with van der Waals surface area (Å²) in [6, 6.07) is 16.7. The normalized spacial score (nSPS) is 27.3. The van der Waals surface area contributed by atoms with Gasteiger partial charge in [-0.1, -0.05) is 48.5 Å². The Kier molecular flexibility index (Phi) is 4.60. The van der Waals surface area contributed by atoms with Crippen LogP contribution in [0.15, 0.2) is 48.5 Å². The summed E-state index contributed by atoms with van der Waals surface area (Å²) in [6.07, 6.45) is 3.26. The van der Waals surface area contributed by atoms with Crippen molar-refractivity contribution in [1.29, 1.82) is 0 Å². The number of hydrogen-bond acceptors (Lipinski definition) is 4. The number of carbonyl (C=O) groups excluding carboxylic acids is 1. The summed E-state index contributed by atoms with van der Waals surface area (Å²) in [6.45, 7) is 1.55. The highest BCUT2D eigenvalue weighted by Gasteiger charge is 2.49. The second-order valence-electron chi connectivity index (χ2n) is 8.81. The largest absolute Gasteiger partial charge is 0.449 e. The van der Waals surface area contributed by atoms with Gasteiger partial charge in [0.1, 0.15) is 6.61 Å². The maximum atomic E-state index is 12.4. The molecule has 0 unspecified atom stereocenters. The van der Waals surface area contributed by atoms with Gasteiger partial charge in [-0.15, -0.1) is 0 Å². The number of alkyl carbamates (subject to hydrolysis) is 1. The number of rotatable bonds is 5. The van der Waals surface area contributed by atoms with Gasteiger partial charge in [-0.3, -0.25) is 0 Å². The van der Waals surface area contributed by atoms with Crippen LogP contribution in [-0.4, -0.2) is 43.2 Å². The zero-order valence-corrected chi connectivity index (χ0v) is 16.5. The van der Waals surface area contributed by atoms with Crippen LogP contribution in [0.4, 0.5) is 4.79 Å². The fourth-order valence-electron chi connectivity index (χ4n) is 5.15. The Hall–Kier alpha value is -2.37. The number of amides is 1. The number of fused-ring (bicyclic) bond motifs is 6. The summed E-state index contributed by atoms with van der Waals surface area (Å²) >= 11 is 0. The molecule has 2 bridgehead atoms. The van der Waals surface area contributed by atoms with Gasteiger partial charge < -0.3 is 19.9 Å². The van der Waals surface area contributed by atoms with Crippen LogP contribution in [0.25, 0.3) is 11.1 Å². The number of aliphatic hydroxyl groups excluding tert-OH is 1. The molecule has 3 fully saturated rings. The molecule has 1 amide bonds. The number of aliphatic hydroxyl groups is 1. The second kappa shape index (κ2) is 7.15. The van der Waals surface area contributed by atoms with E-state index in [9.17, 15) is 9.90 Å². The van der Waals surface area contributed by atoms with Crippen molar-refractivity contribution < 1.29 is 19.4 Å². The molecule has 5 nitrogen and oxygen atoms in total. The van der Waals surface area contributed by atoms with Crippen LogP contribution < -0.4 is 5.32 Å². The van der Waals surface area contributed by atoms with E-state index in [1.54, 1.807) is 0 Å². The summed E-state index contributed by atoms with van der Waals surface area (Å²) in [5.41, 5.74) is 4.50. The van der Waals surface area contributed by atoms with Crippen LogP contribution >= 0.6 is 0 Å². The van der Waals surface area contributed by atoms with Crippen molar-refractivity contribution in [2.45, 2.75) is 37.2 Å². The fourth-order valence-corrected chi connectivity index (χ4v) is 5.15. The molecule has 1 saturated carbocycles. The molecular weight excluding hydrogens is 366 g/mol. The van der Waals surface area contributed by atoms with Gasteiger partial charge in [-0.2, -0.15) is 0 Å². The van der Waals surface area contributed by atoms with Gasteiger partial charge in [0.05, 0.1) is 18.8 Å². The van der Waals surface area contributed by atoms with Crippen molar-refractivity contribution in [3.05, 3.63) is 59.7 Å². The molecule has 2 aliphatic carbocycles. The van der Waals surface area contributed by atoms with Crippen molar-refractivity contribution in [2.75, 3.05) is 26.4 Å². The molecular formula is C24H27NO4. The van der Waals surface area contributed by atoms with Crippen molar-refractivity contribution >= 4 is 6.09 Å². The predicted octanol–water partition coefficient (Wildman–Crippen LogP) is 3.85. The molecule has 0 radical (unpaired) electrons. The lowest BCUT2D eigenvalue weighted by Gasteiger charge is -2.52. The van der Waals surface area contributed by atoms with Gasteiger partial charge in [0.15, 0.2) is 0 Å². The second-order valence-corrected chi connectivity index (χ2v) is 8.81. The lowest BCUT2D eigenvalue weighted by molar-refractivity contribution is -0.190. The van der Waals surface area contributed by atoms with Crippen LogP contribution in [0.1, 0.15) is 42.7 Å². The van der Waals surface area contributed by atoms with E-state index < -0.39 is 6.09 Å². The third-order valence-corrected chi connectivity index (χ3v) is 7.14. The van der Waals surface area contributed by atoms with E-state index in [0.29, 0.717) is 19.8 Å². The average Bonchev–Trinajstić information content (AvgIpc) is 3.11. The number of benzene rings is 2. The maximum Gasteiger partial charge on any atom is 0.407 e. The van der Waals surface area contributed by atoms with E-state index in [-0.39, 0.29) is 23.5 Å². The summed E-state index contributed by atoms with van der Waals surface area (Å²) in [5, 5.41) is 12.5. The third kappa shape index (κ3) is 3.22. The van der Waals surface area contributed by atoms with E-state index in [1.165, 1.54) is 22.3 Å². The van der Waals surface area contributed by atoms with Crippen molar-refractivity contribution in [2.24, 2.45) is 5.41 Å². The minimum absolute atomic E-state index is 0.0640. The maximum absolute atomic E-state index is 12.4. The molecule has 2 aromatic carbocycles. The van der Waals surface area contributed by atoms with Gasteiger partial charge in [0.25, 0.3) is 0 Å². The molecule has 5 heteroatoms. The highest BCUT2D eigenvalue weighted by Crippen LogP contribution is 2.48. The number of carbonyl (C=O) groups is 1. The van der Waals surface area contributed by atoms with Crippen molar-refractivity contribution in [3.8, 4) is 11.1 Å².